The van der Waals surface area contributed by atoms with Crippen LogP contribution in [0.15, 0.2) is 36.8 Å². The van der Waals surface area contributed by atoms with Crippen LogP contribution in [0, 0.1) is 17.8 Å². The van der Waals surface area contributed by atoms with E-state index in [1.54, 1.807) is 60.6 Å². The van der Waals surface area contributed by atoms with Crippen LogP contribution in [0.4, 0.5) is 0 Å². The average Bonchev–Trinajstić information content (AvgIpc) is 2.85. The third kappa shape index (κ3) is 6.10. The van der Waals surface area contributed by atoms with Gasteiger partial charge in [0.1, 0.15) is 18.3 Å². The van der Waals surface area contributed by atoms with Crippen LogP contribution in [0.1, 0.15) is 35.3 Å². The van der Waals surface area contributed by atoms with Gasteiger partial charge < -0.3 is 24.4 Å². The fourth-order valence-electron chi connectivity index (χ4n) is 3.57. The molecule has 0 aromatic carbocycles. The molecule has 0 bridgehead atoms. The highest BCUT2D eigenvalue weighted by molar-refractivity contribution is 5.97. The molecule has 3 heterocycles. The number of nitrogens with zero attached hydrogens (tertiary/aromatic N) is 4. The monoisotopic (exact) mass is 466 g/mol. The van der Waals surface area contributed by atoms with Crippen LogP contribution in [0.25, 0.3) is 0 Å². The molecule has 3 rings (SSSR count). The van der Waals surface area contributed by atoms with E-state index in [9.17, 15) is 14.7 Å². The van der Waals surface area contributed by atoms with Gasteiger partial charge in [-0.25, -0.2) is 4.98 Å². The number of likely N-dealkylation sites (N-methyl/N-ethyl adjacent to an activating group) is 1. The Morgan fingerprint density at radius 3 is 2.74 bits per heavy atom. The molecule has 0 fully saturated rings. The maximum Gasteiger partial charge on any atom is 0.259 e. The molecule has 3 atom stereocenters. The molecule has 9 nitrogen and oxygen atoms in total. The summed E-state index contributed by atoms with van der Waals surface area (Å²) in [6.07, 6.45) is 4.45. The largest absolute Gasteiger partial charge is 0.472 e. The molecule has 0 unspecified atom stereocenters. The number of hydrogen-bond donors (Lipinski definition) is 1. The molecule has 0 saturated carbocycles. The van der Waals surface area contributed by atoms with Crippen molar-refractivity contribution in [2.24, 2.45) is 5.92 Å². The summed E-state index contributed by atoms with van der Waals surface area (Å²) >= 11 is 0. The van der Waals surface area contributed by atoms with Crippen molar-refractivity contribution in [3.8, 4) is 17.7 Å². The summed E-state index contributed by atoms with van der Waals surface area (Å²) in [6.45, 7) is 4.17. The second-order valence-corrected chi connectivity index (χ2v) is 8.39. The van der Waals surface area contributed by atoms with Crippen molar-refractivity contribution in [3.05, 3.63) is 53.5 Å². The van der Waals surface area contributed by atoms with Crippen molar-refractivity contribution in [3.63, 3.8) is 0 Å². The van der Waals surface area contributed by atoms with E-state index in [-0.39, 0.29) is 42.4 Å². The third-order valence-corrected chi connectivity index (χ3v) is 5.70. The molecule has 0 saturated heterocycles. The predicted molar refractivity (Wildman–Crippen MR) is 125 cm³/mol. The van der Waals surface area contributed by atoms with Crippen LogP contribution in [0.2, 0.25) is 0 Å². The lowest BCUT2D eigenvalue weighted by Crippen LogP contribution is -2.50. The zero-order chi connectivity index (χ0) is 24.7. The van der Waals surface area contributed by atoms with Gasteiger partial charge in [-0.15, -0.1) is 0 Å². The number of rotatable bonds is 6. The van der Waals surface area contributed by atoms with Crippen LogP contribution in [-0.2, 0) is 9.53 Å². The average molecular weight is 467 g/mol. The number of amides is 2. The highest BCUT2D eigenvalue weighted by Crippen LogP contribution is 2.27. The lowest BCUT2D eigenvalue weighted by atomic mass is 10.00. The Balaban J connectivity index is 1.96. The summed E-state index contributed by atoms with van der Waals surface area (Å²) in [6, 6.07) is 4.84. The second kappa shape index (κ2) is 11.6. The van der Waals surface area contributed by atoms with Gasteiger partial charge in [0.05, 0.1) is 19.2 Å². The molecule has 34 heavy (non-hydrogen) atoms. The van der Waals surface area contributed by atoms with E-state index in [4.69, 9.17) is 9.47 Å². The number of carbonyl (C=O) groups excluding carboxylic acids is 2. The van der Waals surface area contributed by atoms with E-state index >= 15 is 0 Å². The first kappa shape index (κ1) is 25.1. The van der Waals surface area contributed by atoms with Crippen molar-refractivity contribution in [2.45, 2.75) is 26.0 Å². The number of aliphatic hydroxyl groups excluding tert-OH is 1. The van der Waals surface area contributed by atoms with Crippen LogP contribution in [0.3, 0.4) is 0 Å². The first-order valence-electron chi connectivity index (χ1n) is 11.1. The highest BCUT2D eigenvalue weighted by Gasteiger charge is 2.34. The quantitative estimate of drug-likeness (QED) is 0.638. The van der Waals surface area contributed by atoms with Gasteiger partial charge >= 0.3 is 0 Å². The molecular formula is C25H30N4O5. The van der Waals surface area contributed by atoms with E-state index in [1.807, 2.05) is 6.92 Å². The van der Waals surface area contributed by atoms with E-state index in [2.05, 4.69) is 21.8 Å². The minimum absolute atomic E-state index is 0.0297. The summed E-state index contributed by atoms with van der Waals surface area (Å²) < 4.78 is 11.1. The minimum atomic E-state index is -0.424. The van der Waals surface area contributed by atoms with Crippen LogP contribution in [0.5, 0.6) is 5.88 Å². The molecule has 1 aliphatic rings. The lowest BCUT2D eigenvalue weighted by molar-refractivity contribution is -0.135. The molecule has 2 aromatic rings. The van der Waals surface area contributed by atoms with Crippen molar-refractivity contribution in [1.29, 1.82) is 0 Å². The van der Waals surface area contributed by atoms with Crippen molar-refractivity contribution in [2.75, 3.05) is 40.5 Å². The Bertz CT molecular complexity index is 1070. The molecule has 180 valence electrons. The molecule has 1 aliphatic heterocycles. The summed E-state index contributed by atoms with van der Waals surface area (Å²) in [5.74, 6) is 5.65. The first-order valence-corrected chi connectivity index (χ1v) is 11.1. The standard InChI is InChI=1S/C25H30N4O5/c1-17-13-29(18(2)15-30)25(32)21-11-20(6-5-19-7-9-26-10-8-19)12-27-24(21)34-22(17)14-28(3)23(31)16-33-4/h7-12,17-18,22,30H,13-16H2,1-4H3/t17-,18+,22+/m1/s1. The number of aliphatic hydroxyl groups is 1. The van der Waals surface area contributed by atoms with Crippen molar-refractivity contribution in [1.82, 2.24) is 19.8 Å². The van der Waals surface area contributed by atoms with Gasteiger partial charge in [-0.2, -0.15) is 0 Å². The zero-order valence-corrected chi connectivity index (χ0v) is 19.9. The van der Waals surface area contributed by atoms with E-state index < -0.39 is 12.1 Å². The molecule has 2 aromatic heterocycles. The number of methoxy groups -OCH3 is 1. The van der Waals surface area contributed by atoms with Crippen LogP contribution >= 0.6 is 0 Å². The highest BCUT2D eigenvalue weighted by atomic mass is 16.5. The lowest BCUT2D eigenvalue weighted by Gasteiger charge is -2.37. The predicted octanol–water partition coefficient (Wildman–Crippen LogP) is 1.20. The van der Waals surface area contributed by atoms with Gasteiger partial charge in [0.15, 0.2) is 0 Å². The van der Waals surface area contributed by atoms with Crippen molar-refractivity contribution >= 4 is 11.8 Å². The first-order chi connectivity index (χ1) is 16.3. The molecule has 1 N–H and O–H groups in total. The number of hydrogen-bond acceptors (Lipinski definition) is 7. The van der Waals surface area contributed by atoms with Gasteiger partial charge in [0, 0.05) is 56.3 Å². The summed E-state index contributed by atoms with van der Waals surface area (Å²) in [7, 11) is 3.15. The molecule has 9 heteroatoms. The van der Waals surface area contributed by atoms with Crippen molar-refractivity contribution < 1.29 is 24.2 Å². The zero-order valence-electron chi connectivity index (χ0n) is 19.9. The number of fused-ring (bicyclic) bond motifs is 1. The van der Waals surface area contributed by atoms with Gasteiger partial charge in [-0.3, -0.25) is 14.6 Å². The van der Waals surface area contributed by atoms with Gasteiger partial charge in [0.2, 0.25) is 11.8 Å². The third-order valence-electron chi connectivity index (χ3n) is 5.70. The Labute approximate surface area is 199 Å². The molecule has 0 aliphatic carbocycles. The fourth-order valence-corrected chi connectivity index (χ4v) is 3.57. The van der Waals surface area contributed by atoms with E-state index in [1.165, 1.54) is 7.11 Å². The maximum atomic E-state index is 13.4. The molecule has 0 radical (unpaired) electrons. The van der Waals surface area contributed by atoms with E-state index in [0.717, 1.165) is 5.56 Å². The Morgan fingerprint density at radius 1 is 1.35 bits per heavy atom. The molecule has 2 amide bonds. The van der Waals surface area contributed by atoms with E-state index in [0.29, 0.717) is 18.7 Å². The van der Waals surface area contributed by atoms with Gasteiger partial charge in [-0.05, 0) is 25.1 Å². The normalized spacial score (nSPS) is 18.5. The summed E-state index contributed by atoms with van der Waals surface area (Å²) in [5, 5.41) is 9.77. The summed E-state index contributed by atoms with van der Waals surface area (Å²) in [4.78, 5) is 37.2. The Morgan fingerprint density at radius 2 is 2.06 bits per heavy atom. The minimum Gasteiger partial charge on any atom is -0.472 e. The topological polar surface area (TPSA) is 105 Å². The second-order valence-electron chi connectivity index (χ2n) is 8.39. The Kier molecular flexibility index (Phi) is 8.57. The number of pyridine rings is 2. The smallest absolute Gasteiger partial charge is 0.259 e. The SMILES string of the molecule is COCC(=O)N(C)C[C@@H]1Oc2ncc(C#Cc3ccncc3)cc2C(=O)N([C@@H](C)CO)C[C@H]1C. The van der Waals surface area contributed by atoms with Crippen LogP contribution in [-0.4, -0.2) is 89.3 Å². The van der Waals surface area contributed by atoms with Gasteiger partial charge in [0.25, 0.3) is 5.91 Å². The van der Waals surface area contributed by atoms with Gasteiger partial charge in [-0.1, -0.05) is 18.8 Å². The molecule has 0 spiro atoms. The molecular weight excluding hydrogens is 436 g/mol. The maximum absolute atomic E-state index is 13.4. The fraction of sp³-hybridized carbons (Fsp3) is 0.440. The summed E-state index contributed by atoms with van der Waals surface area (Å²) in [5.41, 5.74) is 1.61. The van der Waals surface area contributed by atoms with Crippen LogP contribution < -0.4 is 4.74 Å². The Hall–Kier alpha value is -3.48. The number of ether oxygens (including phenoxy) is 2. The number of carbonyl (C=O) groups is 2. The number of aromatic nitrogens is 2.